The molecule has 4 rings (SSSR count). The van der Waals surface area contributed by atoms with Crippen molar-refractivity contribution in [3.8, 4) is 0 Å². The van der Waals surface area contributed by atoms with Gasteiger partial charge in [0.25, 0.3) is 5.91 Å². The molecule has 1 atom stereocenters. The van der Waals surface area contributed by atoms with Crippen molar-refractivity contribution in [2.24, 2.45) is 0 Å². The number of carbonyl (C=O) groups is 4. The number of hydrogen-bond donors (Lipinski definition) is 2. The van der Waals surface area contributed by atoms with Crippen LogP contribution in [0.4, 0.5) is 21.0 Å². The number of fused-ring (bicyclic) bond motifs is 1. The van der Waals surface area contributed by atoms with Gasteiger partial charge in [0.05, 0.1) is 20.5 Å². The lowest BCUT2D eigenvalue weighted by molar-refractivity contribution is -0.142. The Morgan fingerprint density at radius 3 is 2.30 bits per heavy atom. The molecule has 2 aromatic carbocycles. The van der Waals surface area contributed by atoms with Gasteiger partial charge in [-0.1, -0.05) is 29.3 Å². The highest BCUT2D eigenvalue weighted by Crippen LogP contribution is 2.38. The first-order valence-electron chi connectivity index (χ1n) is 13.3. The molecule has 0 spiro atoms. The van der Waals surface area contributed by atoms with Gasteiger partial charge in [-0.25, -0.2) is 19.5 Å². The minimum absolute atomic E-state index is 0.292. The lowest BCUT2D eigenvalue weighted by Gasteiger charge is -2.47. The monoisotopic (exact) mass is 570 g/mol. The first-order valence-corrected chi connectivity index (χ1v) is 13.7. The fraction of sp³-hybridized carbons (Fsp3) is 0.448. The summed E-state index contributed by atoms with van der Waals surface area (Å²) < 4.78 is 5.13. The maximum Gasteiger partial charge on any atom is 0.445 e. The summed E-state index contributed by atoms with van der Waals surface area (Å²) in [7, 11) is 3.31. The number of benzene rings is 2. The number of nitrogens with one attached hydrogen (secondary N) is 2. The quantitative estimate of drug-likeness (QED) is 0.393. The van der Waals surface area contributed by atoms with E-state index in [-0.39, 0.29) is 10.3 Å². The molecule has 1 saturated heterocycles. The molecule has 2 aromatic rings. The first-order chi connectivity index (χ1) is 18.6. The van der Waals surface area contributed by atoms with Crippen LogP contribution in [0.1, 0.15) is 56.0 Å². The van der Waals surface area contributed by atoms with Crippen molar-refractivity contribution in [3.63, 3.8) is 0 Å². The number of hydrogen-bond acceptors (Lipinski definition) is 6. The summed E-state index contributed by atoms with van der Waals surface area (Å²) in [6.45, 7) is 7.93. The van der Waals surface area contributed by atoms with Crippen molar-refractivity contribution in [2.45, 2.75) is 58.2 Å². The molecule has 2 N–H and O–H groups in total. The second-order valence-corrected chi connectivity index (χ2v) is 12.2. The molecule has 0 aromatic heterocycles. The number of quaternary nitrogens is 1. The van der Waals surface area contributed by atoms with E-state index in [4.69, 9.17) is 16.3 Å². The fourth-order valence-electron chi connectivity index (χ4n) is 4.98. The van der Waals surface area contributed by atoms with Crippen LogP contribution < -0.4 is 15.2 Å². The van der Waals surface area contributed by atoms with Gasteiger partial charge in [-0.05, 0) is 70.9 Å². The first kappa shape index (κ1) is 29.4. The molecule has 1 fully saturated rings. The molecular weight excluding hydrogens is 534 g/mol. The molecule has 2 heterocycles. The van der Waals surface area contributed by atoms with Crippen molar-refractivity contribution < 1.29 is 23.9 Å². The van der Waals surface area contributed by atoms with Crippen LogP contribution in [0.5, 0.6) is 0 Å². The number of urea groups is 1. The number of likely N-dealkylation sites (tertiary alicyclic amines) is 1. The Labute approximate surface area is 239 Å². The number of halogens is 1. The van der Waals surface area contributed by atoms with E-state index in [0.717, 1.165) is 23.4 Å². The van der Waals surface area contributed by atoms with E-state index >= 15 is 0 Å². The van der Waals surface area contributed by atoms with Crippen LogP contribution in [0.15, 0.2) is 42.5 Å². The third-order valence-corrected chi connectivity index (χ3v) is 7.35. The van der Waals surface area contributed by atoms with Crippen LogP contribution in [-0.2, 0) is 9.53 Å². The summed E-state index contributed by atoms with van der Waals surface area (Å²) in [5.74, 6) is -0.875. The Bertz CT molecular complexity index is 1330. The van der Waals surface area contributed by atoms with Crippen LogP contribution in [0.3, 0.4) is 0 Å². The van der Waals surface area contributed by atoms with Crippen LogP contribution >= 0.6 is 11.6 Å². The number of carbonyl (C=O) groups excluding carboxylic acids is 4. The molecule has 40 heavy (non-hydrogen) atoms. The average Bonchev–Trinajstić information content (AvgIpc) is 3.40. The Morgan fingerprint density at radius 2 is 1.70 bits per heavy atom. The average molecular weight is 571 g/mol. The molecule has 0 saturated carbocycles. The topological polar surface area (TPSA) is 108 Å². The molecule has 11 heteroatoms. The summed E-state index contributed by atoms with van der Waals surface area (Å²) >= 11 is 6.27. The second-order valence-electron chi connectivity index (χ2n) is 11.8. The van der Waals surface area contributed by atoms with Crippen molar-refractivity contribution >= 4 is 46.8 Å². The van der Waals surface area contributed by atoms with Gasteiger partial charge in [0.15, 0.2) is 5.78 Å². The maximum atomic E-state index is 14.5. The third kappa shape index (κ3) is 5.78. The van der Waals surface area contributed by atoms with Gasteiger partial charge in [0.2, 0.25) is 5.66 Å². The number of nitrogens with zero attached hydrogens (tertiary/aromatic N) is 3. The maximum absolute atomic E-state index is 14.5. The lowest BCUT2D eigenvalue weighted by atomic mass is 9.90. The SMILES string of the molecule is Cc1ccc([N+](C)(C)C(=O)N(NC(=O)OC(C)(C)C)C2(C(=O)N3CCCC3)CC(=O)c3ccc(Cl)cc3N2)cc1. The van der Waals surface area contributed by atoms with Crippen LogP contribution in [0.25, 0.3) is 0 Å². The number of anilines is 1. The number of ether oxygens (including phenoxy) is 1. The summed E-state index contributed by atoms with van der Waals surface area (Å²) in [5, 5.41) is 4.46. The summed E-state index contributed by atoms with van der Waals surface area (Å²) in [6, 6.07) is 11.4. The Morgan fingerprint density at radius 1 is 1.07 bits per heavy atom. The molecule has 1 unspecified atom stereocenters. The highest BCUT2D eigenvalue weighted by molar-refractivity contribution is 6.31. The standard InChI is InChI=1S/C29H36ClN5O5/c1-19-9-12-21(13-10-19)35(5,6)27(39)34(32-26(38)40-28(2,3)4)29(25(37)33-15-7-8-16-33)18-24(36)22-14-11-20(30)17-23(22)31-29/h9-14,17H,7-8,15-16,18H2,1-6H3,(H-,31,32,36,38)/p+1. The fourth-order valence-corrected chi connectivity index (χ4v) is 5.15. The lowest BCUT2D eigenvalue weighted by Crippen LogP contribution is -2.75. The largest absolute Gasteiger partial charge is 0.445 e. The molecule has 2 aliphatic rings. The Hall–Kier alpha value is -3.63. The van der Waals surface area contributed by atoms with Gasteiger partial charge in [0, 0.05) is 29.4 Å². The van der Waals surface area contributed by atoms with E-state index in [1.165, 1.54) is 6.07 Å². The molecule has 214 valence electrons. The van der Waals surface area contributed by atoms with Gasteiger partial charge in [-0.3, -0.25) is 9.59 Å². The van der Waals surface area contributed by atoms with Crippen molar-refractivity contribution in [3.05, 3.63) is 58.6 Å². The van der Waals surface area contributed by atoms with Crippen LogP contribution in [-0.4, -0.2) is 72.2 Å². The summed E-state index contributed by atoms with van der Waals surface area (Å²) in [5.41, 5.74) is 1.94. The molecule has 0 bridgehead atoms. The van der Waals surface area contributed by atoms with Gasteiger partial charge in [-0.15, -0.1) is 0 Å². The van der Waals surface area contributed by atoms with Crippen molar-refractivity contribution in [1.82, 2.24) is 19.8 Å². The molecular formula is C29H37ClN5O5+. The van der Waals surface area contributed by atoms with E-state index in [2.05, 4.69) is 10.7 Å². The van der Waals surface area contributed by atoms with E-state index in [1.54, 1.807) is 51.9 Å². The van der Waals surface area contributed by atoms with Gasteiger partial charge >= 0.3 is 12.1 Å². The smallest absolute Gasteiger partial charge is 0.443 e. The molecule has 0 radical (unpaired) electrons. The predicted molar refractivity (Wildman–Crippen MR) is 154 cm³/mol. The van der Waals surface area contributed by atoms with Gasteiger partial charge in [0.1, 0.15) is 11.3 Å². The number of amides is 4. The Kier molecular flexibility index (Phi) is 7.88. The van der Waals surface area contributed by atoms with Crippen molar-refractivity contribution in [2.75, 3.05) is 32.5 Å². The summed E-state index contributed by atoms with van der Waals surface area (Å²) in [4.78, 5) is 57.3. The highest BCUT2D eigenvalue weighted by Gasteiger charge is 2.58. The summed E-state index contributed by atoms with van der Waals surface area (Å²) in [6.07, 6.45) is 0.226. The van der Waals surface area contributed by atoms with E-state index in [1.807, 2.05) is 31.2 Å². The number of hydrazine groups is 1. The highest BCUT2D eigenvalue weighted by atomic mass is 35.5. The number of aryl methyl sites for hydroxylation is 1. The van der Waals surface area contributed by atoms with Gasteiger partial charge < -0.3 is 15.0 Å². The molecule has 2 aliphatic heterocycles. The van der Waals surface area contributed by atoms with Crippen LogP contribution in [0, 0.1) is 6.92 Å². The zero-order chi connectivity index (χ0) is 29.5. The van der Waals surface area contributed by atoms with Crippen LogP contribution in [0.2, 0.25) is 5.02 Å². The van der Waals surface area contributed by atoms with E-state index in [9.17, 15) is 19.2 Å². The number of Topliss-reactive ketones (excluding diaryl/α,β-unsaturated/α-hetero) is 1. The van der Waals surface area contributed by atoms with Crippen molar-refractivity contribution in [1.29, 1.82) is 0 Å². The minimum atomic E-state index is -1.98. The van der Waals surface area contributed by atoms with Gasteiger partial charge in [-0.2, -0.15) is 5.01 Å². The second kappa shape index (κ2) is 10.7. The molecule has 0 aliphatic carbocycles. The van der Waals surface area contributed by atoms with E-state index in [0.29, 0.717) is 35.1 Å². The number of rotatable bonds is 3. The Balaban J connectivity index is 1.89. The zero-order valence-electron chi connectivity index (χ0n) is 23.8. The third-order valence-electron chi connectivity index (χ3n) is 7.12. The molecule has 4 amide bonds. The zero-order valence-corrected chi connectivity index (χ0v) is 24.6. The van der Waals surface area contributed by atoms with E-state index < -0.39 is 35.7 Å². The minimum Gasteiger partial charge on any atom is -0.443 e. The molecule has 10 nitrogen and oxygen atoms in total. The normalized spacial score (nSPS) is 19.0. The predicted octanol–water partition coefficient (Wildman–Crippen LogP) is 5.09. The number of ketones is 1.